The fraction of sp³-hybridized carbons (Fsp3) is 0.304. The fourth-order valence-corrected chi connectivity index (χ4v) is 3.32. The first kappa shape index (κ1) is 20.6. The van der Waals surface area contributed by atoms with Gasteiger partial charge in [0.05, 0.1) is 6.61 Å². The summed E-state index contributed by atoms with van der Waals surface area (Å²) in [6.45, 7) is 3.17. The summed E-state index contributed by atoms with van der Waals surface area (Å²) in [5, 5.41) is 10.1. The van der Waals surface area contributed by atoms with Gasteiger partial charge in [0.25, 0.3) is 0 Å². The molecule has 1 aromatic carbocycles. The van der Waals surface area contributed by atoms with Crippen LogP contribution in [0.1, 0.15) is 25.3 Å². The lowest BCUT2D eigenvalue weighted by Gasteiger charge is -2.14. The highest BCUT2D eigenvalue weighted by atomic mass is 16.5. The molecule has 0 atom stereocenters. The van der Waals surface area contributed by atoms with Crippen LogP contribution in [0.4, 0.5) is 15.4 Å². The highest BCUT2D eigenvalue weighted by Crippen LogP contribution is 2.32. The third kappa shape index (κ3) is 5.28. The second-order valence-electron chi connectivity index (χ2n) is 7.50. The van der Waals surface area contributed by atoms with Crippen molar-refractivity contribution in [2.45, 2.75) is 26.3 Å². The molecule has 8 nitrogen and oxygen atoms in total. The van der Waals surface area contributed by atoms with E-state index in [2.05, 4.69) is 25.9 Å². The molecule has 4 rings (SSSR count). The highest BCUT2D eigenvalue weighted by Gasteiger charge is 2.23. The second-order valence-corrected chi connectivity index (χ2v) is 7.50. The Bertz CT molecular complexity index is 1080. The van der Waals surface area contributed by atoms with Crippen molar-refractivity contribution < 1.29 is 14.3 Å². The lowest BCUT2D eigenvalue weighted by molar-refractivity contribution is 0.140. The summed E-state index contributed by atoms with van der Waals surface area (Å²) in [5.74, 6) is 0.967. The number of rotatable bonds is 7. The lowest BCUT2D eigenvalue weighted by atomic mass is 9.96. The van der Waals surface area contributed by atoms with Crippen molar-refractivity contribution >= 4 is 28.7 Å². The first-order valence-corrected chi connectivity index (χ1v) is 10.4. The van der Waals surface area contributed by atoms with Gasteiger partial charge < -0.3 is 15.4 Å². The molecule has 3 amide bonds. The predicted octanol–water partition coefficient (Wildman–Crippen LogP) is 4.07. The van der Waals surface area contributed by atoms with E-state index >= 15 is 0 Å². The molecule has 0 aliphatic heterocycles. The molecule has 2 heterocycles. The van der Waals surface area contributed by atoms with Gasteiger partial charge in [0.1, 0.15) is 5.82 Å². The van der Waals surface area contributed by atoms with Crippen molar-refractivity contribution in [2.75, 3.05) is 18.5 Å². The molecule has 31 heavy (non-hydrogen) atoms. The van der Waals surface area contributed by atoms with Crippen LogP contribution in [-0.2, 0) is 11.3 Å². The average Bonchev–Trinajstić information content (AvgIpc) is 3.61. The van der Waals surface area contributed by atoms with Gasteiger partial charge in [0.15, 0.2) is 0 Å². The lowest BCUT2D eigenvalue weighted by Crippen LogP contribution is -2.28. The van der Waals surface area contributed by atoms with Crippen LogP contribution in [0.5, 0.6) is 0 Å². The maximum absolute atomic E-state index is 12.0. The van der Waals surface area contributed by atoms with Crippen LogP contribution in [0.2, 0.25) is 0 Å². The zero-order chi connectivity index (χ0) is 21.6. The van der Waals surface area contributed by atoms with E-state index in [9.17, 15) is 9.59 Å². The molecule has 1 saturated carbocycles. The van der Waals surface area contributed by atoms with Crippen molar-refractivity contribution in [3.05, 3.63) is 54.5 Å². The van der Waals surface area contributed by atoms with Gasteiger partial charge in [-0.05, 0) is 66.0 Å². The number of ether oxygens (including phenoxy) is 1. The van der Waals surface area contributed by atoms with E-state index in [1.54, 1.807) is 18.6 Å². The van der Waals surface area contributed by atoms with Gasteiger partial charge in [0.2, 0.25) is 0 Å². The van der Waals surface area contributed by atoms with Crippen molar-refractivity contribution in [1.82, 2.24) is 20.6 Å². The summed E-state index contributed by atoms with van der Waals surface area (Å²) in [6, 6.07) is 9.36. The molecule has 2 aromatic heterocycles. The molecule has 3 N–H and O–H groups in total. The molecule has 8 heteroatoms. The Kier molecular flexibility index (Phi) is 6.26. The molecule has 0 spiro atoms. The van der Waals surface area contributed by atoms with E-state index in [4.69, 9.17) is 4.74 Å². The molecular weight excluding hydrogens is 394 g/mol. The molecule has 1 aliphatic carbocycles. The average molecular weight is 419 g/mol. The number of alkyl carbamates (subject to hydrolysis) is 1. The van der Waals surface area contributed by atoms with Gasteiger partial charge in [-0.25, -0.2) is 14.6 Å². The molecule has 160 valence electrons. The number of aromatic nitrogens is 2. The number of nitrogens with one attached hydrogen (secondary N) is 3. The zero-order valence-corrected chi connectivity index (χ0v) is 17.4. The minimum atomic E-state index is -0.416. The number of urea groups is 1. The van der Waals surface area contributed by atoms with Gasteiger partial charge in [-0.3, -0.25) is 10.3 Å². The first-order valence-electron chi connectivity index (χ1n) is 10.4. The Morgan fingerprint density at radius 1 is 1.10 bits per heavy atom. The minimum Gasteiger partial charge on any atom is -0.449 e. The van der Waals surface area contributed by atoms with Crippen LogP contribution in [0, 0.1) is 5.92 Å². The van der Waals surface area contributed by atoms with Crippen LogP contribution in [-0.4, -0.2) is 35.2 Å². The molecule has 0 bridgehead atoms. The number of nitrogens with zero attached hydrogens (tertiary/aromatic N) is 2. The van der Waals surface area contributed by atoms with E-state index in [1.165, 1.54) is 0 Å². The summed E-state index contributed by atoms with van der Waals surface area (Å²) < 4.78 is 5.25. The Morgan fingerprint density at radius 2 is 1.90 bits per heavy atom. The van der Waals surface area contributed by atoms with Crippen LogP contribution >= 0.6 is 0 Å². The van der Waals surface area contributed by atoms with Gasteiger partial charge >= 0.3 is 12.1 Å². The maximum Gasteiger partial charge on any atom is 0.407 e. The number of fused-ring (bicyclic) bond motifs is 1. The van der Waals surface area contributed by atoms with Gasteiger partial charge in [-0.1, -0.05) is 12.1 Å². The van der Waals surface area contributed by atoms with Crippen LogP contribution in [0.15, 0.2) is 48.9 Å². The molecule has 1 aliphatic rings. The third-order valence-electron chi connectivity index (χ3n) is 5.13. The number of carbonyl (C=O) groups excluding carboxylic acids is 2. The minimum absolute atomic E-state index is 0.309. The largest absolute Gasteiger partial charge is 0.449 e. The van der Waals surface area contributed by atoms with E-state index in [-0.39, 0.29) is 6.03 Å². The predicted molar refractivity (Wildman–Crippen MR) is 119 cm³/mol. The molecule has 0 radical (unpaired) electrons. The Morgan fingerprint density at radius 3 is 2.65 bits per heavy atom. The summed E-state index contributed by atoms with van der Waals surface area (Å²) in [7, 11) is 0. The number of benzene rings is 1. The molecular formula is C23H25N5O3. The smallest absolute Gasteiger partial charge is 0.407 e. The van der Waals surface area contributed by atoms with Gasteiger partial charge in [-0.2, -0.15) is 0 Å². The van der Waals surface area contributed by atoms with Crippen molar-refractivity contribution in [3.8, 4) is 11.1 Å². The highest BCUT2D eigenvalue weighted by molar-refractivity contribution is 6.00. The summed E-state index contributed by atoms with van der Waals surface area (Å²) in [6.07, 6.45) is 7.04. The monoisotopic (exact) mass is 419 g/mol. The van der Waals surface area contributed by atoms with Crippen LogP contribution < -0.4 is 16.0 Å². The number of pyridine rings is 2. The van der Waals surface area contributed by atoms with E-state index in [0.717, 1.165) is 40.3 Å². The normalized spacial score (nSPS) is 12.9. The van der Waals surface area contributed by atoms with E-state index in [1.807, 2.05) is 37.3 Å². The Labute approximate surface area is 180 Å². The number of hydrogen-bond acceptors (Lipinski definition) is 5. The van der Waals surface area contributed by atoms with Crippen LogP contribution in [0.3, 0.4) is 0 Å². The van der Waals surface area contributed by atoms with Crippen LogP contribution in [0.25, 0.3) is 21.9 Å². The number of amides is 3. The molecule has 0 saturated heterocycles. The number of anilines is 1. The van der Waals surface area contributed by atoms with Crippen molar-refractivity contribution in [3.63, 3.8) is 0 Å². The maximum atomic E-state index is 12.0. The van der Waals surface area contributed by atoms with Crippen molar-refractivity contribution in [1.29, 1.82) is 0 Å². The van der Waals surface area contributed by atoms with Gasteiger partial charge in [0, 0.05) is 37.1 Å². The third-order valence-corrected chi connectivity index (χ3v) is 5.13. The first-order chi connectivity index (χ1) is 15.1. The summed E-state index contributed by atoms with van der Waals surface area (Å²) >= 11 is 0. The Hall–Kier alpha value is -3.68. The second kappa shape index (κ2) is 9.42. The molecule has 0 unspecified atom stereocenters. The fourth-order valence-electron chi connectivity index (χ4n) is 3.32. The Balaban J connectivity index is 1.62. The summed E-state index contributed by atoms with van der Waals surface area (Å²) in [4.78, 5) is 32.4. The quantitative estimate of drug-likeness (QED) is 0.535. The summed E-state index contributed by atoms with van der Waals surface area (Å²) in [5.41, 5.74) is 2.89. The molecule has 3 aromatic rings. The van der Waals surface area contributed by atoms with E-state index < -0.39 is 6.09 Å². The topological polar surface area (TPSA) is 105 Å². The SMILES string of the molecule is CCNC(=O)Nc1cc2c(-c3ccncc3)ccc(CNC(=O)OCC3CC3)c2cn1. The van der Waals surface area contributed by atoms with E-state index in [0.29, 0.717) is 31.4 Å². The zero-order valence-electron chi connectivity index (χ0n) is 17.4. The molecule has 1 fully saturated rings. The van der Waals surface area contributed by atoms with Crippen molar-refractivity contribution in [2.24, 2.45) is 5.92 Å². The number of hydrogen-bond donors (Lipinski definition) is 3. The van der Waals surface area contributed by atoms with Gasteiger partial charge in [-0.15, -0.1) is 0 Å². The standard InChI is InChI=1S/C23H25N5O3/c1-2-25-22(29)28-21-11-19-18(16-7-9-24-10-8-16)6-5-17(20(19)13-26-21)12-27-23(30)31-14-15-3-4-15/h5-11,13,15H,2-4,12,14H2,1H3,(H,27,30)(H2,25,26,28,29). The number of carbonyl (C=O) groups is 2.